The molecule has 1 N–H and O–H groups in total. The van der Waals surface area contributed by atoms with E-state index in [1.165, 1.54) is 0 Å². The number of fused-ring (bicyclic) bond motifs is 1. The minimum atomic E-state index is -1.98. The fraction of sp³-hybridized carbons (Fsp3) is 0.357. The van der Waals surface area contributed by atoms with Crippen LogP contribution in [0.25, 0.3) is 0 Å². The van der Waals surface area contributed by atoms with E-state index in [2.05, 4.69) is 0 Å². The molecule has 3 aromatic rings. The minimum absolute atomic E-state index is 0.0912. The van der Waals surface area contributed by atoms with Crippen LogP contribution in [0.15, 0.2) is 91.0 Å². The summed E-state index contributed by atoms with van der Waals surface area (Å²) < 4.78 is 45.2. The third-order valence-corrected chi connectivity index (χ3v) is 6.26. The second-order valence-corrected chi connectivity index (χ2v) is 8.72. The summed E-state index contributed by atoms with van der Waals surface area (Å²) in [6, 6.07) is 28.7. The number of aliphatic hydroxyl groups is 1. The highest BCUT2D eigenvalue weighted by molar-refractivity contribution is 5.17. The first-order valence-electron chi connectivity index (χ1n) is 11.8. The van der Waals surface area contributed by atoms with Crippen LogP contribution in [0.1, 0.15) is 23.0 Å². The van der Waals surface area contributed by atoms with Gasteiger partial charge in [-0.1, -0.05) is 91.0 Å². The van der Waals surface area contributed by atoms with E-state index in [-0.39, 0.29) is 19.8 Å². The zero-order valence-corrected chi connectivity index (χ0v) is 19.2. The first kappa shape index (κ1) is 24.1. The molecule has 0 amide bonds. The number of ether oxygens (including phenoxy) is 5. The summed E-state index contributed by atoms with van der Waals surface area (Å²) in [6.07, 6.45) is -7.56. The lowest BCUT2D eigenvalue weighted by Crippen LogP contribution is -2.53. The highest BCUT2D eigenvalue weighted by Crippen LogP contribution is 2.36. The van der Waals surface area contributed by atoms with Crippen molar-refractivity contribution in [2.45, 2.75) is 56.4 Å². The van der Waals surface area contributed by atoms with E-state index in [4.69, 9.17) is 23.7 Å². The fourth-order valence-corrected chi connectivity index (χ4v) is 4.43. The molecule has 0 spiro atoms. The highest BCUT2D eigenvalue weighted by Gasteiger charge is 2.51. The largest absolute Gasteiger partial charge is 0.385 e. The molecular formula is C28H29FO6. The minimum Gasteiger partial charge on any atom is -0.385 e. The Morgan fingerprint density at radius 3 is 1.89 bits per heavy atom. The molecule has 0 bridgehead atoms. The molecule has 0 aliphatic carbocycles. The van der Waals surface area contributed by atoms with E-state index in [9.17, 15) is 5.11 Å². The van der Waals surface area contributed by atoms with Crippen molar-refractivity contribution in [3.8, 4) is 0 Å². The monoisotopic (exact) mass is 480 g/mol. The van der Waals surface area contributed by atoms with E-state index >= 15 is 4.39 Å². The lowest BCUT2D eigenvalue weighted by molar-refractivity contribution is -0.297. The molecule has 5 rings (SSSR count). The summed E-state index contributed by atoms with van der Waals surface area (Å²) in [4.78, 5) is 0. The molecule has 184 valence electrons. The van der Waals surface area contributed by atoms with Crippen LogP contribution in [0.2, 0.25) is 0 Å². The maximum Gasteiger partial charge on any atom is 0.228 e. The normalized spacial score (nSPS) is 30.9. The summed E-state index contributed by atoms with van der Waals surface area (Å²) in [5.74, 6) is 0. The Morgan fingerprint density at radius 1 is 0.743 bits per heavy atom. The van der Waals surface area contributed by atoms with Crippen molar-refractivity contribution in [1.82, 2.24) is 0 Å². The number of hydrogen-bond donors (Lipinski definition) is 1. The molecule has 0 aromatic heterocycles. The van der Waals surface area contributed by atoms with Crippen molar-refractivity contribution in [3.63, 3.8) is 0 Å². The lowest BCUT2D eigenvalue weighted by atomic mass is 9.99. The van der Waals surface area contributed by atoms with Gasteiger partial charge in [-0.05, 0) is 11.1 Å². The van der Waals surface area contributed by atoms with Gasteiger partial charge >= 0.3 is 0 Å². The van der Waals surface area contributed by atoms with Crippen LogP contribution >= 0.6 is 0 Å². The van der Waals surface area contributed by atoms with Crippen molar-refractivity contribution < 1.29 is 33.2 Å². The van der Waals surface area contributed by atoms with E-state index < -0.39 is 43.2 Å². The van der Waals surface area contributed by atoms with Crippen molar-refractivity contribution in [2.75, 3.05) is 6.61 Å². The second kappa shape index (κ2) is 11.4. The molecule has 7 heteroatoms. The number of benzene rings is 3. The second-order valence-electron chi connectivity index (χ2n) is 8.72. The van der Waals surface area contributed by atoms with Gasteiger partial charge in [0.2, 0.25) is 6.36 Å². The van der Waals surface area contributed by atoms with Gasteiger partial charge in [-0.25, -0.2) is 4.39 Å². The predicted molar refractivity (Wildman–Crippen MR) is 126 cm³/mol. The third-order valence-electron chi connectivity index (χ3n) is 6.26. The van der Waals surface area contributed by atoms with Gasteiger partial charge in [0.05, 0.1) is 19.8 Å². The number of hydrogen-bond acceptors (Lipinski definition) is 6. The van der Waals surface area contributed by atoms with Gasteiger partial charge in [0, 0.05) is 5.56 Å². The van der Waals surface area contributed by atoms with Gasteiger partial charge in [0.1, 0.15) is 30.5 Å². The molecule has 2 aliphatic heterocycles. The van der Waals surface area contributed by atoms with Gasteiger partial charge in [0.25, 0.3) is 0 Å². The molecular weight excluding hydrogens is 451 g/mol. The van der Waals surface area contributed by atoms with Crippen molar-refractivity contribution in [2.24, 2.45) is 0 Å². The van der Waals surface area contributed by atoms with Gasteiger partial charge in [-0.2, -0.15) is 0 Å². The van der Waals surface area contributed by atoms with Gasteiger partial charge in [-0.15, -0.1) is 0 Å². The van der Waals surface area contributed by atoms with Crippen LogP contribution in [0.4, 0.5) is 4.39 Å². The van der Waals surface area contributed by atoms with E-state index in [1.54, 1.807) is 0 Å². The molecule has 3 aromatic carbocycles. The van der Waals surface area contributed by atoms with E-state index in [0.29, 0.717) is 0 Å². The Kier molecular flexibility index (Phi) is 7.83. The van der Waals surface area contributed by atoms with Crippen LogP contribution in [0.3, 0.4) is 0 Å². The quantitative estimate of drug-likeness (QED) is 0.543. The molecule has 2 saturated heterocycles. The Labute approximate surface area is 204 Å². The first-order valence-corrected chi connectivity index (χ1v) is 11.8. The Morgan fingerprint density at radius 2 is 1.29 bits per heavy atom. The molecule has 2 aliphatic rings. The number of rotatable bonds is 7. The maximum atomic E-state index is 15.0. The summed E-state index contributed by atoms with van der Waals surface area (Å²) in [5.41, 5.74) is 2.67. The van der Waals surface area contributed by atoms with Gasteiger partial charge in [-0.3, -0.25) is 0 Å². The topological polar surface area (TPSA) is 66.4 Å². The first-order chi connectivity index (χ1) is 17.2. The van der Waals surface area contributed by atoms with Crippen LogP contribution in [-0.2, 0) is 36.9 Å². The van der Waals surface area contributed by atoms with Crippen LogP contribution < -0.4 is 0 Å². The molecule has 2 fully saturated rings. The van der Waals surface area contributed by atoms with Crippen molar-refractivity contribution in [1.29, 1.82) is 0 Å². The van der Waals surface area contributed by atoms with Gasteiger partial charge in [0.15, 0.2) is 6.29 Å². The zero-order valence-electron chi connectivity index (χ0n) is 19.2. The third kappa shape index (κ3) is 5.78. The summed E-state index contributed by atoms with van der Waals surface area (Å²) >= 11 is 0. The molecule has 0 radical (unpaired) electrons. The van der Waals surface area contributed by atoms with Crippen LogP contribution in [-0.4, -0.2) is 48.6 Å². The molecule has 35 heavy (non-hydrogen) atoms. The van der Waals surface area contributed by atoms with E-state index in [1.807, 2.05) is 91.0 Å². The number of aliphatic hydroxyl groups excluding tert-OH is 1. The average Bonchev–Trinajstić information content (AvgIpc) is 3.01. The number of alkyl halides is 1. The lowest BCUT2D eigenvalue weighted by Gasteiger charge is -2.40. The smallest absolute Gasteiger partial charge is 0.228 e. The molecule has 1 unspecified atom stereocenters. The number of halogens is 1. The molecule has 0 saturated carbocycles. The molecule has 2 heterocycles. The van der Waals surface area contributed by atoms with Gasteiger partial charge < -0.3 is 28.8 Å². The Balaban J connectivity index is 1.42. The Bertz CT molecular complexity index is 1040. The average molecular weight is 481 g/mol. The standard InChI is InChI=1S/C28H29FO6/c29-27-23(30)25(31-16-19-10-4-1-5-11-19)26(32-17-20-12-6-2-7-13-20)24-22(34-27)18-33-28(35-24)21-14-8-3-9-15-21/h1-15,22-28,30H,16-18H2/t22-,23+,24-,25+,26+,27?,28-/m1/s1. The van der Waals surface area contributed by atoms with E-state index in [0.717, 1.165) is 16.7 Å². The highest BCUT2D eigenvalue weighted by atomic mass is 19.1. The fourth-order valence-electron chi connectivity index (χ4n) is 4.43. The maximum absolute atomic E-state index is 15.0. The van der Waals surface area contributed by atoms with Crippen LogP contribution in [0, 0.1) is 0 Å². The summed E-state index contributed by atoms with van der Waals surface area (Å²) in [5, 5.41) is 10.9. The summed E-state index contributed by atoms with van der Waals surface area (Å²) in [6.45, 7) is 0.508. The SMILES string of the molecule is O[C@@H]1C(F)O[C@@H]2CO[C@@H](c3ccccc3)O[C@H]2[C@H](OCc2ccccc2)[C@H]1OCc1ccccc1. The van der Waals surface area contributed by atoms with Crippen molar-refractivity contribution in [3.05, 3.63) is 108 Å². The Hall–Kier alpha value is -2.65. The molecule has 7 atom stereocenters. The predicted octanol–water partition coefficient (Wildman–Crippen LogP) is 4.33. The summed E-state index contributed by atoms with van der Waals surface area (Å²) in [7, 11) is 0. The van der Waals surface area contributed by atoms with Crippen LogP contribution in [0.5, 0.6) is 0 Å². The molecule has 6 nitrogen and oxygen atoms in total. The zero-order chi connectivity index (χ0) is 24.0. The van der Waals surface area contributed by atoms with Crippen molar-refractivity contribution >= 4 is 0 Å².